The van der Waals surface area contributed by atoms with Crippen molar-refractivity contribution >= 4 is 5.71 Å². The molecule has 0 aliphatic heterocycles. The highest BCUT2D eigenvalue weighted by atomic mass is 16.2. The zero-order valence-electron chi connectivity index (χ0n) is 7.66. The first-order valence-electron chi connectivity index (χ1n) is 4.29. The summed E-state index contributed by atoms with van der Waals surface area (Å²) in [5.41, 5.74) is 0.865. The summed E-state index contributed by atoms with van der Waals surface area (Å²) in [6.45, 7) is 8.61. The summed E-state index contributed by atoms with van der Waals surface area (Å²) in [5, 5.41) is 0. The van der Waals surface area contributed by atoms with Gasteiger partial charge >= 0.3 is 5.71 Å². The van der Waals surface area contributed by atoms with Gasteiger partial charge in [-0.1, -0.05) is 27.7 Å². The minimum absolute atomic E-state index is 0.419. The maximum atomic E-state index is 10.3. The molecular formula is C9H16NO+. The summed E-state index contributed by atoms with van der Waals surface area (Å²) >= 11 is 0. The quantitative estimate of drug-likeness (QED) is 0.530. The Balaban J connectivity index is 2.72. The van der Waals surface area contributed by atoms with Gasteiger partial charge in [-0.3, -0.25) is 0 Å². The normalized spacial score (nSPS) is 36.8. The average Bonchev–Trinajstić information content (AvgIpc) is 1.87. The van der Waals surface area contributed by atoms with E-state index in [9.17, 15) is 4.91 Å². The fourth-order valence-corrected chi connectivity index (χ4v) is 2.44. The molecule has 0 aromatic heterocycles. The molecule has 0 N–H and O–H groups in total. The van der Waals surface area contributed by atoms with Crippen molar-refractivity contribution in [3.63, 3.8) is 0 Å². The first kappa shape index (κ1) is 8.48. The average molecular weight is 154 g/mol. The number of hydrogen-bond acceptors (Lipinski definition) is 1. The molecule has 0 bridgehead atoms. The molecule has 62 valence electrons. The Kier molecular flexibility index (Phi) is 2.15. The second-order valence-electron chi connectivity index (χ2n) is 3.91. The standard InChI is InChI=1S/C9H16NO/c1-5(2)8-6(3)9(10-11)7(8)4/h5-8H,1-4H3/q+1. The van der Waals surface area contributed by atoms with Crippen LogP contribution in [0.15, 0.2) is 0 Å². The Morgan fingerprint density at radius 3 is 2.00 bits per heavy atom. The lowest BCUT2D eigenvalue weighted by molar-refractivity contribution is 0.210. The molecule has 0 amide bonds. The van der Waals surface area contributed by atoms with Crippen molar-refractivity contribution in [2.45, 2.75) is 27.7 Å². The van der Waals surface area contributed by atoms with Gasteiger partial charge in [-0.15, -0.1) is 0 Å². The van der Waals surface area contributed by atoms with Crippen molar-refractivity contribution in [1.82, 2.24) is 4.85 Å². The van der Waals surface area contributed by atoms with Gasteiger partial charge in [0.2, 0.25) is 4.85 Å². The van der Waals surface area contributed by atoms with Crippen LogP contribution in [0.25, 0.3) is 0 Å². The lowest BCUT2D eigenvalue weighted by Crippen LogP contribution is -2.48. The third-order valence-corrected chi connectivity index (χ3v) is 2.96. The van der Waals surface area contributed by atoms with E-state index in [0.717, 1.165) is 5.71 Å². The summed E-state index contributed by atoms with van der Waals surface area (Å²) in [6.07, 6.45) is 0. The Morgan fingerprint density at radius 2 is 1.73 bits per heavy atom. The highest BCUT2D eigenvalue weighted by Gasteiger charge is 2.52. The highest BCUT2D eigenvalue weighted by molar-refractivity contribution is 5.93. The van der Waals surface area contributed by atoms with E-state index in [1.807, 2.05) is 0 Å². The zero-order valence-corrected chi connectivity index (χ0v) is 7.66. The summed E-state index contributed by atoms with van der Waals surface area (Å²) in [4.78, 5) is 13.3. The first-order chi connectivity index (χ1) is 5.09. The smallest absolute Gasteiger partial charge is 0.0625 e. The summed E-state index contributed by atoms with van der Waals surface area (Å²) < 4.78 is 0. The van der Waals surface area contributed by atoms with Crippen LogP contribution in [0.5, 0.6) is 0 Å². The van der Waals surface area contributed by atoms with Crippen molar-refractivity contribution in [1.29, 1.82) is 0 Å². The van der Waals surface area contributed by atoms with Crippen molar-refractivity contribution in [3.05, 3.63) is 4.91 Å². The Morgan fingerprint density at radius 1 is 1.27 bits per heavy atom. The molecule has 0 radical (unpaired) electrons. The van der Waals surface area contributed by atoms with Gasteiger partial charge in [0.15, 0.2) is 4.91 Å². The predicted octanol–water partition coefficient (Wildman–Crippen LogP) is 1.82. The van der Waals surface area contributed by atoms with Gasteiger partial charge in [-0.05, 0) is 11.8 Å². The minimum atomic E-state index is 0.419. The van der Waals surface area contributed by atoms with Gasteiger partial charge in [-0.25, -0.2) is 0 Å². The molecule has 0 heterocycles. The molecule has 1 saturated carbocycles. The third-order valence-electron chi connectivity index (χ3n) is 2.96. The molecular weight excluding hydrogens is 138 g/mol. The van der Waals surface area contributed by atoms with Gasteiger partial charge in [0.05, 0.1) is 11.8 Å². The summed E-state index contributed by atoms with van der Waals surface area (Å²) in [7, 11) is 0. The van der Waals surface area contributed by atoms with Gasteiger partial charge in [-0.2, -0.15) is 0 Å². The zero-order chi connectivity index (χ0) is 8.59. The number of nitrogens with zero attached hydrogens (tertiary/aromatic N) is 1. The second kappa shape index (κ2) is 2.78. The van der Waals surface area contributed by atoms with E-state index >= 15 is 0 Å². The van der Waals surface area contributed by atoms with Crippen LogP contribution in [0, 0.1) is 28.6 Å². The Labute approximate surface area is 67.7 Å². The van der Waals surface area contributed by atoms with Gasteiger partial charge in [0.25, 0.3) is 0 Å². The molecule has 0 spiro atoms. The largest absolute Gasteiger partial charge is 0.355 e. The van der Waals surface area contributed by atoms with E-state index in [2.05, 4.69) is 32.5 Å². The maximum Gasteiger partial charge on any atom is 0.355 e. The molecule has 2 unspecified atom stereocenters. The van der Waals surface area contributed by atoms with Crippen LogP contribution in [0.2, 0.25) is 0 Å². The van der Waals surface area contributed by atoms with Crippen LogP contribution in [0.4, 0.5) is 0 Å². The van der Waals surface area contributed by atoms with Crippen molar-refractivity contribution in [2.75, 3.05) is 0 Å². The van der Waals surface area contributed by atoms with E-state index < -0.39 is 0 Å². The molecule has 1 aliphatic rings. The molecule has 1 rings (SSSR count). The van der Waals surface area contributed by atoms with Gasteiger partial charge in [0, 0.05) is 0 Å². The van der Waals surface area contributed by atoms with E-state index in [-0.39, 0.29) is 0 Å². The maximum absolute atomic E-state index is 10.3. The molecule has 0 aromatic carbocycles. The highest BCUT2D eigenvalue weighted by Crippen LogP contribution is 2.40. The van der Waals surface area contributed by atoms with Gasteiger partial charge < -0.3 is 0 Å². The van der Waals surface area contributed by atoms with Crippen molar-refractivity contribution < 1.29 is 0 Å². The van der Waals surface area contributed by atoms with Crippen LogP contribution < -0.4 is 4.85 Å². The second-order valence-corrected chi connectivity index (χ2v) is 3.91. The first-order valence-corrected chi connectivity index (χ1v) is 4.29. The molecule has 11 heavy (non-hydrogen) atoms. The predicted molar refractivity (Wildman–Crippen MR) is 47.2 cm³/mol. The lowest BCUT2D eigenvalue weighted by Gasteiger charge is -2.36. The molecule has 2 atom stereocenters. The number of rotatable bonds is 1. The van der Waals surface area contributed by atoms with E-state index in [0.29, 0.717) is 23.7 Å². The number of nitroso groups, excluding NO2 is 1. The SMILES string of the molecule is CC(C)C1C(C)C(=[N+]=O)C1C. The van der Waals surface area contributed by atoms with Crippen molar-refractivity contribution in [3.8, 4) is 0 Å². The van der Waals surface area contributed by atoms with E-state index in [1.54, 1.807) is 0 Å². The molecule has 1 aliphatic carbocycles. The number of hydrogen-bond donors (Lipinski definition) is 0. The fourth-order valence-electron chi connectivity index (χ4n) is 2.44. The van der Waals surface area contributed by atoms with Gasteiger partial charge in [0.1, 0.15) is 0 Å². The molecule has 1 fully saturated rings. The molecule has 2 heteroatoms. The Bertz CT molecular complexity index is 192. The Hall–Kier alpha value is -0.620. The van der Waals surface area contributed by atoms with Crippen LogP contribution in [0.1, 0.15) is 27.7 Å². The lowest BCUT2D eigenvalue weighted by atomic mass is 9.60. The van der Waals surface area contributed by atoms with Crippen molar-refractivity contribution in [2.24, 2.45) is 23.7 Å². The monoisotopic (exact) mass is 154 g/mol. The summed E-state index contributed by atoms with van der Waals surface area (Å²) in [6, 6.07) is 0. The van der Waals surface area contributed by atoms with Crippen LogP contribution in [-0.4, -0.2) is 5.71 Å². The fraction of sp³-hybridized carbons (Fsp3) is 0.889. The topological polar surface area (TPSA) is 31.2 Å². The minimum Gasteiger partial charge on any atom is -0.0625 e. The van der Waals surface area contributed by atoms with Crippen LogP contribution in [-0.2, 0) is 0 Å². The molecule has 0 aromatic rings. The van der Waals surface area contributed by atoms with E-state index in [1.165, 1.54) is 0 Å². The van der Waals surface area contributed by atoms with Crippen LogP contribution >= 0.6 is 0 Å². The molecule has 2 nitrogen and oxygen atoms in total. The molecule has 0 saturated heterocycles. The third kappa shape index (κ3) is 1.12. The van der Waals surface area contributed by atoms with E-state index in [4.69, 9.17) is 0 Å². The van der Waals surface area contributed by atoms with Crippen LogP contribution in [0.3, 0.4) is 0 Å². The summed E-state index contributed by atoms with van der Waals surface area (Å²) in [5.74, 6) is 2.18.